The SMILES string of the molecule is O=C(Nc1nc(Cl)c2[nH]cnc2n1)c1cnc(Cl)c(Cl)c1. The molecule has 2 N–H and O–H groups in total. The second-order valence-electron chi connectivity index (χ2n) is 3.89. The zero-order valence-corrected chi connectivity index (χ0v) is 12.3. The van der Waals surface area contributed by atoms with Crippen LogP contribution in [-0.2, 0) is 0 Å². The van der Waals surface area contributed by atoms with Crippen LogP contribution >= 0.6 is 34.8 Å². The molecule has 0 aliphatic rings. The zero-order valence-electron chi connectivity index (χ0n) is 10.1. The summed E-state index contributed by atoms with van der Waals surface area (Å²) in [5, 5.41) is 2.93. The van der Waals surface area contributed by atoms with Gasteiger partial charge in [0, 0.05) is 6.20 Å². The predicted molar refractivity (Wildman–Crippen MR) is 78.9 cm³/mol. The third-order valence-corrected chi connectivity index (χ3v) is 3.48. The molecule has 0 aliphatic carbocycles. The molecule has 0 spiro atoms. The average molecular weight is 344 g/mol. The van der Waals surface area contributed by atoms with E-state index in [1.165, 1.54) is 18.6 Å². The molecule has 3 rings (SSSR count). The van der Waals surface area contributed by atoms with Gasteiger partial charge in [0.2, 0.25) is 5.95 Å². The molecular weight excluding hydrogens is 339 g/mol. The highest BCUT2D eigenvalue weighted by atomic mass is 35.5. The molecule has 0 aromatic carbocycles. The van der Waals surface area contributed by atoms with Gasteiger partial charge in [-0.15, -0.1) is 0 Å². The maximum atomic E-state index is 12.1. The Hall–Kier alpha value is -1.96. The van der Waals surface area contributed by atoms with Crippen LogP contribution in [0.2, 0.25) is 15.3 Å². The highest BCUT2D eigenvalue weighted by Gasteiger charge is 2.13. The smallest absolute Gasteiger partial charge is 0.259 e. The Kier molecular flexibility index (Phi) is 3.62. The van der Waals surface area contributed by atoms with E-state index < -0.39 is 5.91 Å². The Morgan fingerprint density at radius 3 is 2.71 bits per heavy atom. The van der Waals surface area contributed by atoms with Crippen LogP contribution in [-0.4, -0.2) is 30.8 Å². The fourth-order valence-electron chi connectivity index (χ4n) is 1.57. The summed E-state index contributed by atoms with van der Waals surface area (Å²) in [4.78, 5) is 30.6. The number of rotatable bonds is 2. The van der Waals surface area contributed by atoms with E-state index in [2.05, 4.69) is 30.2 Å². The van der Waals surface area contributed by atoms with Crippen molar-refractivity contribution in [1.82, 2.24) is 24.9 Å². The molecule has 0 saturated heterocycles. The number of hydrogen-bond acceptors (Lipinski definition) is 5. The maximum Gasteiger partial charge on any atom is 0.259 e. The van der Waals surface area contributed by atoms with Crippen LogP contribution in [0.3, 0.4) is 0 Å². The first kappa shape index (κ1) is 14.0. The van der Waals surface area contributed by atoms with Crippen LogP contribution in [0.4, 0.5) is 5.95 Å². The van der Waals surface area contributed by atoms with E-state index in [0.717, 1.165) is 0 Å². The van der Waals surface area contributed by atoms with Gasteiger partial charge in [-0.1, -0.05) is 34.8 Å². The van der Waals surface area contributed by atoms with Crippen molar-refractivity contribution in [1.29, 1.82) is 0 Å². The number of pyridine rings is 1. The minimum absolute atomic E-state index is 0.0238. The number of nitrogens with one attached hydrogen (secondary N) is 2. The average Bonchev–Trinajstić information content (AvgIpc) is 2.90. The molecule has 1 amide bonds. The van der Waals surface area contributed by atoms with E-state index in [4.69, 9.17) is 34.8 Å². The standard InChI is InChI=1S/C11H5Cl3N6O/c12-5-1-4(2-15-7(5)13)10(21)20-11-18-8(14)6-9(19-11)17-3-16-6/h1-3H,(H2,16,17,18,19,20,21). The minimum atomic E-state index is -0.494. The first-order valence-corrected chi connectivity index (χ1v) is 6.67. The number of fused-ring (bicyclic) bond motifs is 1. The number of carbonyl (C=O) groups excluding carboxylic acids is 1. The first-order valence-electron chi connectivity index (χ1n) is 5.53. The van der Waals surface area contributed by atoms with Crippen LogP contribution < -0.4 is 5.32 Å². The van der Waals surface area contributed by atoms with Crippen molar-refractivity contribution >= 4 is 57.8 Å². The number of H-pyrrole nitrogens is 1. The van der Waals surface area contributed by atoms with Gasteiger partial charge in [-0.3, -0.25) is 10.1 Å². The topological polar surface area (TPSA) is 96.5 Å². The quantitative estimate of drug-likeness (QED) is 0.551. The minimum Gasteiger partial charge on any atom is -0.341 e. The van der Waals surface area contributed by atoms with Crippen LogP contribution in [0, 0.1) is 0 Å². The molecule has 106 valence electrons. The third kappa shape index (κ3) is 2.76. The van der Waals surface area contributed by atoms with Crippen molar-refractivity contribution in [3.05, 3.63) is 39.5 Å². The summed E-state index contributed by atoms with van der Waals surface area (Å²) in [7, 11) is 0. The molecule has 10 heteroatoms. The number of halogens is 3. The number of aromatic amines is 1. The van der Waals surface area contributed by atoms with E-state index in [0.29, 0.717) is 11.2 Å². The molecule has 0 fully saturated rings. The van der Waals surface area contributed by atoms with Crippen molar-refractivity contribution in [3.63, 3.8) is 0 Å². The van der Waals surface area contributed by atoms with Gasteiger partial charge in [-0.25, -0.2) is 9.97 Å². The monoisotopic (exact) mass is 342 g/mol. The van der Waals surface area contributed by atoms with Gasteiger partial charge >= 0.3 is 0 Å². The summed E-state index contributed by atoms with van der Waals surface area (Å²) in [6.45, 7) is 0. The Labute approximate surface area is 132 Å². The van der Waals surface area contributed by atoms with Crippen molar-refractivity contribution < 1.29 is 4.79 Å². The van der Waals surface area contributed by atoms with Gasteiger partial charge < -0.3 is 4.98 Å². The number of anilines is 1. The fourth-order valence-corrected chi connectivity index (χ4v) is 2.06. The number of nitrogens with zero attached hydrogens (tertiary/aromatic N) is 4. The number of aromatic nitrogens is 5. The number of carbonyl (C=O) groups is 1. The van der Waals surface area contributed by atoms with Crippen molar-refractivity contribution in [2.24, 2.45) is 0 Å². The largest absolute Gasteiger partial charge is 0.341 e. The van der Waals surface area contributed by atoms with E-state index in [-0.39, 0.29) is 26.8 Å². The Morgan fingerprint density at radius 1 is 1.14 bits per heavy atom. The number of imidazole rings is 1. The highest BCUT2D eigenvalue weighted by Crippen LogP contribution is 2.21. The summed E-state index contributed by atoms with van der Waals surface area (Å²) < 4.78 is 0. The highest BCUT2D eigenvalue weighted by molar-refractivity contribution is 6.41. The molecule has 3 aromatic heterocycles. The second kappa shape index (κ2) is 5.44. The van der Waals surface area contributed by atoms with E-state index in [1.54, 1.807) is 0 Å². The summed E-state index contributed by atoms with van der Waals surface area (Å²) in [6, 6.07) is 1.39. The molecule has 7 nitrogen and oxygen atoms in total. The lowest BCUT2D eigenvalue weighted by Gasteiger charge is -2.04. The van der Waals surface area contributed by atoms with Gasteiger partial charge in [0.25, 0.3) is 5.91 Å². The molecule has 0 saturated carbocycles. The number of hydrogen-bond donors (Lipinski definition) is 2. The molecule has 0 radical (unpaired) electrons. The van der Waals surface area contributed by atoms with Gasteiger partial charge in [0.15, 0.2) is 10.8 Å². The van der Waals surface area contributed by atoms with Crippen LogP contribution in [0.25, 0.3) is 11.2 Å². The van der Waals surface area contributed by atoms with Crippen molar-refractivity contribution in [2.75, 3.05) is 5.32 Å². The first-order chi connectivity index (χ1) is 10.0. The molecule has 21 heavy (non-hydrogen) atoms. The lowest BCUT2D eigenvalue weighted by molar-refractivity contribution is 0.102. The molecular formula is C11H5Cl3N6O. The molecule has 0 bridgehead atoms. The van der Waals surface area contributed by atoms with Crippen LogP contribution in [0.15, 0.2) is 18.6 Å². The van der Waals surface area contributed by atoms with E-state index in [9.17, 15) is 4.79 Å². The van der Waals surface area contributed by atoms with E-state index in [1.807, 2.05) is 0 Å². The normalized spacial score (nSPS) is 10.8. The van der Waals surface area contributed by atoms with Crippen LogP contribution in [0.1, 0.15) is 10.4 Å². The summed E-state index contributed by atoms with van der Waals surface area (Å²) >= 11 is 17.5. The Morgan fingerprint density at radius 2 is 1.95 bits per heavy atom. The van der Waals surface area contributed by atoms with Gasteiger partial charge in [0.1, 0.15) is 10.7 Å². The lowest BCUT2D eigenvalue weighted by atomic mass is 10.3. The Bertz CT molecular complexity index is 849. The molecule has 3 heterocycles. The van der Waals surface area contributed by atoms with Gasteiger partial charge in [-0.05, 0) is 6.07 Å². The van der Waals surface area contributed by atoms with Gasteiger partial charge in [-0.2, -0.15) is 9.97 Å². The molecule has 0 aliphatic heterocycles. The van der Waals surface area contributed by atoms with E-state index >= 15 is 0 Å². The van der Waals surface area contributed by atoms with Gasteiger partial charge in [0.05, 0.1) is 16.9 Å². The molecule has 3 aromatic rings. The van der Waals surface area contributed by atoms with Crippen molar-refractivity contribution in [2.45, 2.75) is 0 Å². The summed E-state index contributed by atoms with van der Waals surface area (Å²) in [6.07, 6.45) is 2.72. The van der Waals surface area contributed by atoms with Crippen LogP contribution in [0.5, 0.6) is 0 Å². The number of amides is 1. The third-order valence-electron chi connectivity index (χ3n) is 2.53. The zero-order chi connectivity index (χ0) is 15.0. The Balaban J connectivity index is 1.90. The molecule has 0 unspecified atom stereocenters. The van der Waals surface area contributed by atoms with Crippen molar-refractivity contribution in [3.8, 4) is 0 Å². The lowest BCUT2D eigenvalue weighted by Crippen LogP contribution is -2.14. The second-order valence-corrected chi connectivity index (χ2v) is 5.01. The maximum absolute atomic E-state index is 12.1. The predicted octanol–water partition coefficient (Wildman–Crippen LogP) is 2.96. The molecule has 0 atom stereocenters. The summed E-state index contributed by atoms with van der Waals surface area (Å²) in [5.74, 6) is -0.470. The summed E-state index contributed by atoms with van der Waals surface area (Å²) in [5.41, 5.74) is 1.05. The fraction of sp³-hybridized carbons (Fsp3) is 0.